The molecule has 0 saturated carbocycles. The third-order valence-corrected chi connectivity index (χ3v) is 3.29. The average Bonchev–Trinajstić information content (AvgIpc) is 3.12. The predicted molar refractivity (Wildman–Crippen MR) is 93.1 cm³/mol. The van der Waals surface area contributed by atoms with Crippen LogP contribution in [0.25, 0.3) is 11.4 Å². The minimum Gasteiger partial charge on any atom is -0.494 e. The molecule has 0 unspecified atom stereocenters. The van der Waals surface area contributed by atoms with Crippen LogP contribution in [0.2, 0.25) is 0 Å². The minimum atomic E-state index is -0.330. The number of H-pyrrole nitrogens is 1. The van der Waals surface area contributed by atoms with Gasteiger partial charge in [0, 0.05) is 23.6 Å². The lowest BCUT2D eigenvalue weighted by Gasteiger charge is -2.07. The van der Waals surface area contributed by atoms with Crippen molar-refractivity contribution in [2.45, 2.75) is 13.5 Å². The van der Waals surface area contributed by atoms with Gasteiger partial charge >= 0.3 is 6.03 Å². The van der Waals surface area contributed by atoms with Crippen molar-refractivity contribution in [2.24, 2.45) is 0 Å². The summed E-state index contributed by atoms with van der Waals surface area (Å²) in [5.41, 5.74) is 1.48. The van der Waals surface area contributed by atoms with E-state index in [9.17, 15) is 4.79 Å². The number of rotatable bonds is 6. The first kappa shape index (κ1) is 16.4. The number of aromatic nitrogens is 4. The van der Waals surface area contributed by atoms with Gasteiger partial charge in [-0.3, -0.25) is 10.1 Å². The van der Waals surface area contributed by atoms with Gasteiger partial charge in [0.05, 0.1) is 13.2 Å². The van der Waals surface area contributed by atoms with Crippen LogP contribution in [0.3, 0.4) is 0 Å². The zero-order valence-corrected chi connectivity index (χ0v) is 13.7. The standard InChI is InChI=1S/C17H18N6O2/c1-2-25-14-7-5-13(6-8-14)20-17(24)19-11-15-21-16(23-22-15)12-4-3-9-18-10-12/h3-10H,2,11H2,1H3,(H2,19,20,24)(H,21,22,23). The van der Waals surface area contributed by atoms with E-state index < -0.39 is 0 Å². The number of aromatic amines is 1. The van der Waals surface area contributed by atoms with Crippen molar-refractivity contribution < 1.29 is 9.53 Å². The van der Waals surface area contributed by atoms with Crippen molar-refractivity contribution in [1.29, 1.82) is 0 Å². The Labute approximate surface area is 144 Å². The van der Waals surface area contributed by atoms with Gasteiger partial charge in [-0.1, -0.05) is 0 Å². The Hall–Kier alpha value is -3.42. The van der Waals surface area contributed by atoms with Crippen LogP contribution < -0.4 is 15.4 Å². The van der Waals surface area contributed by atoms with Crippen LogP contribution in [0.4, 0.5) is 10.5 Å². The Morgan fingerprint density at radius 1 is 1.24 bits per heavy atom. The van der Waals surface area contributed by atoms with E-state index in [-0.39, 0.29) is 12.6 Å². The zero-order chi connectivity index (χ0) is 17.5. The number of nitrogens with one attached hydrogen (secondary N) is 3. The lowest BCUT2D eigenvalue weighted by Crippen LogP contribution is -2.28. The van der Waals surface area contributed by atoms with Gasteiger partial charge in [0.2, 0.25) is 0 Å². The van der Waals surface area contributed by atoms with E-state index >= 15 is 0 Å². The summed E-state index contributed by atoms with van der Waals surface area (Å²) in [7, 11) is 0. The lowest BCUT2D eigenvalue weighted by molar-refractivity contribution is 0.251. The molecule has 0 aliphatic heterocycles. The van der Waals surface area contributed by atoms with E-state index in [2.05, 4.69) is 30.8 Å². The number of ether oxygens (including phenoxy) is 1. The Morgan fingerprint density at radius 2 is 2.08 bits per heavy atom. The molecule has 0 aliphatic rings. The summed E-state index contributed by atoms with van der Waals surface area (Å²) in [6.45, 7) is 2.75. The maximum atomic E-state index is 11.9. The molecule has 2 amide bonds. The van der Waals surface area contributed by atoms with Gasteiger partial charge in [0.15, 0.2) is 5.82 Å². The Morgan fingerprint density at radius 3 is 2.80 bits per heavy atom. The number of hydrogen-bond donors (Lipinski definition) is 3. The number of nitrogens with zero attached hydrogens (tertiary/aromatic N) is 3. The molecule has 0 atom stereocenters. The SMILES string of the molecule is CCOc1ccc(NC(=O)NCc2nc(-c3cccnc3)n[nH]2)cc1. The molecule has 0 bridgehead atoms. The molecule has 2 heterocycles. The van der Waals surface area contributed by atoms with Crippen molar-refractivity contribution in [3.05, 3.63) is 54.6 Å². The van der Waals surface area contributed by atoms with E-state index in [1.807, 2.05) is 19.1 Å². The molecule has 0 aliphatic carbocycles. The summed E-state index contributed by atoms with van der Waals surface area (Å²) < 4.78 is 5.36. The summed E-state index contributed by atoms with van der Waals surface area (Å²) in [6.07, 6.45) is 3.36. The third-order valence-electron chi connectivity index (χ3n) is 3.29. The van der Waals surface area contributed by atoms with Gasteiger partial charge in [-0.2, -0.15) is 5.10 Å². The number of amides is 2. The van der Waals surface area contributed by atoms with E-state index in [0.717, 1.165) is 11.3 Å². The maximum Gasteiger partial charge on any atom is 0.319 e. The third kappa shape index (κ3) is 4.54. The molecule has 25 heavy (non-hydrogen) atoms. The fourth-order valence-corrected chi connectivity index (χ4v) is 2.14. The highest BCUT2D eigenvalue weighted by atomic mass is 16.5. The first-order valence-corrected chi connectivity index (χ1v) is 7.84. The summed E-state index contributed by atoms with van der Waals surface area (Å²) in [5, 5.41) is 12.4. The number of pyridine rings is 1. The topological polar surface area (TPSA) is 105 Å². The molecule has 3 N–H and O–H groups in total. The minimum absolute atomic E-state index is 0.232. The van der Waals surface area contributed by atoms with E-state index in [1.165, 1.54) is 0 Å². The molecule has 0 saturated heterocycles. The van der Waals surface area contributed by atoms with Crippen LogP contribution in [0.15, 0.2) is 48.8 Å². The van der Waals surface area contributed by atoms with Crippen LogP contribution in [0.5, 0.6) is 5.75 Å². The summed E-state index contributed by atoms with van der Waals surface area (Å²) >= 11 is 0. The molecule has 0 radical (unpaired) electrons. The lowest BCUT2D eigenvalue weighted by atomic mass is 10.3. The quantitative estimate of drug-likeness (QED) is 0.641. The van der Waals surface area contributed by atoms with Crippen molar-refractivity contribution in [3.63, 3.8) is 0 Å². The normalized spacial score (nSPS) is 10.3. The predicted octanol–water partition coefficient (Wildman–Crippen LogP) is 2.59. The first-order chi connectivity index (χ1) is 12.2. The number of benzene rings is 1. The Balaban J connectivity index is 1.51. The van der Waals surface area contributed by atoms with E-state index in [4.69, 9.17) is 4.74 Å². The average molecular weight is 338 g/mol. The second-order valence-electron chi connectivity index (χ2n) is 5.11. The van der Waals surface area contributed by atoms with Gasteiger partial charge in [0.25, 0.3) is 0 Å². The number of urea groups is 1. The van der Waals surface area contributed by atoms with Gasteiger partial charge < -0.3 is 15.4 Å². The molecule has 3 rings (SSSR count). The van der Waals surface area contributed by atoms with Crippen molar-refractivity contribution in [1.82, 2.24) is 25.5 Å². The van der Waals surface area contributed by atoms with Crippen molar-refractivity contribution >= 4 is 11.7 Å². The van der Waals surface area contributed by atoms with Crippen LogP contribution >= 0.6 is 0 Å². The molecule has 0 spiro atoms. The number of carbonyl (C=O) groups is 1. The molecule has 3 aromatic rings. The smallest absolute Gasteiger partial charge is 0.319 e. The van der Waals surface area contributed by atoms with Gasteiger partial charge in [0.1, 0.15) is 11.6 Å². The number of carbonyl (C=O) groups excluding carboxylic acids is 1. The van der Waals surface area contributed by atoms with Crippen LogP contribution in [0, 0.1) is 0 Å². The largest absolute Gasteiger partial charge is 0.494 e. The highest BCUT2D eigenvalue weighted by molar-refractivity contribution is 5.89. The molecule has 8 nitrogen and oxygen atoms in total. The van der Waals surface area contributed by atoms with Crippen LogP contribution in [0.1, 0.15) is 12.7 Å². The highest BCUT2D eigenvalue weighted by Crippen LogP contribution is 2.15. The molecule has 0 fully saturated rings. The van der Waals surface area contributed by atoms with Crippen LogP contribution in [-0.4, -0.2) is 32.8 Å². The summed E-state index contributed by atoms with van der Waals surface area (Å²) in [4.78, 5) is 20.3. The second kappa shape index (κ2) is 7.91. The Kier molecular flexibility index (Phi) is 5.20. The molecular formula is C17H18N6O2. The maximum absolute atomic E-state index is 11.9. The molecular weight excluding hydrogens is 320 g/mol. The van der Waals surface area contributed by atoms with E-state index in [0.29, 0.717) is 23.9 Å². The first-order valence-electron chi connectivity index (χ1n) is 7.84. The molecule has 2 aromatic heterocycles. The monoisotopic (exact) mass is 338 g/mol. The van der Waals surface area contributed by atoms with Gasteiger partial charge in [-0.15, -0.1) is 0 Å². The van der Waals surface area contributed by atoms with Crippen LogP contribution in [-0.2, 0) is 6.54 Å². The van der Waals surface area contributed by atoms with Crippen molar-refractivity contribution in [2.75, 3.05) is 11.9 Å². The fourth-order valence-electron chi connectivity index (χ4n) is 2.14. The number of hydrogen-bond acceptors (Lipinski definition) is 5. The fraction of sp³-hybridized carbons (Fsp3) is 0.176. The van der Waals surface area contributed by atoms with Gasteiger partial charge in [-0.25, -0.2) is 9.78 Å². The summed E-state index contributed by atoms with van der Waals surface area (Å²) in [5.74, 6) is 1.86. The zero-order valence-electron chi connectivity index (χ0n) is 13.7. The number of anilines is 1. The molecule has 1 aromatic carbocycles. The Bertz CT molecular complexity index is 817. The van der Waals surface area contributed by atoms with Crippen molar-refractivity contribution in [3.8, 4) is 17.1 Å². The van der Waals surface area contributed by atoms with Gasteiger partial charge in [-0.05, 0) is 43.3 Å². The molecule has 8 heteroatoms. The summed E-state index contributed by atoms with van der Waals surface area (Å²) in [6, 6.07) is 10.5. The molecule has 128 valence electrons. The van der Waals surface area contributed by atoms with E-state index in [1.54, 1.807) is 36.7 Å². The second-order valence-corrected chi connectivity index (χ2v) is 5.11. The highest BCUT2D eigenvalue weighted by Gasteiger charge is 2.07.